The Kier molecular flexibility index (Phi) is 5.18. The first-order valence-electron chi connectivity index (χ1n) is 6.96. The van der Waals surface area contributed by atoms with Crippen molar-refractivity contribution in [3.63, 3.8) is 0 Å². The Balaban J connectivity index is 2.21. The Hall–Kier alpha value is -1.81. The van der Waals surface area contributed by atoms with Crippen molar-refractivity contribution in [2.75, 3.05) is 6.54 Å². The van der Waals surface area contributed by atoms with Gasteiger partial charge in [0.1, 0.15) is 11.6 Å². The lowest BCUT2D eigenvalue weighted by atomic mass is 10.00. The zero-order valence-electron chi connectivity index (χ0n) is 11.9. The average molecular weight is 273 g/mol. The van der Waals surface area contributed by atoms with E-state index in [2.05, 4.69) is 22.2 Å². The summed E-state index contributed by atoms with van der Waals surface area (Å²) in [4.78, 5) is 8.63. The lowest BCUT2D eigenvalue weighted by molar-refractivity contribution is 0.502. The molecule has 0 fully saturated rings. The van der Waals surface area contributed by atoms with Gasteiger partial charge in [-0.15, -0.1) is 0 Å². The van der Waals surface area contributed by atoms with E-state index in [1.165, 1.54) is 6.07 Å². The predicted octanol–water partition coefficient (Wildman–Crippen LogP) is 3.21. The maximum atomic E-state index is 13.4. The van der Waals surface area contributed by atoms with Gasteiger partial charge < -0.3 is 5.32 Å². The summed E-state index contributed by atoms with van der Waals surface area (Å²) in [5.41, 5.74) is 2.08. The summed E-state index contributed by atoms with van der Waals surface area (Å²) in [6.07, 6.45) is 5.20. The first-order valence-corrected chi connectivity index (χ1v) is 6.96. The maximum Gasteiger partial charge on any atom is 0.145 e. The second kappa shape index (κ2) is 7.10. The molecule has 0 saturated heterocycles. The van der Waals surface area contributed by atoms with Crippen LogP contribution in [0.2, 0.25) is 0 Å². The molecule has 0 aliphatic carbocycles. The fourth-order valence-corrected chi connectivity index (χ4v) is 2.14. The van der Waals surface area contributed by atoms with E-state index in [0.29, 0.717) is 6.42 Å². The van der Waals surface area contributed by atoms with Gasteiger partial charge in [0, 0.05) is 12.4 Å². The van der Waals surface area contributed by atoms with E-state index in [-0.39, 0.29) is 11.9 Å². The zero-order chi connectivity index (χ0) is 14.4. The van der Waals surface area contributed by atoms with E-state index >= 15 is 0 Å². The minimum absolute atomic E-state index is 0.0108. The van der Waals surface area contributed by atoms with Crippen molar-refractivity contribution in [3.05, 3.63) is 59.4 Å². The summed E-state index contributed by atoms with van der Waals surface area (Å²) >= 11 is 0. The van der Waals surface area contributed by atoms with Crippen molar-refractivity contribution in [2.24, 2.45) is 0 Å². The smallest absolute Gasteiger partial charge is 0.145 e. The van der Waals surface area contributed by atoms with Gasteiger partial charge in [0.15, 0.2) is 0 Å². The Labute approximate surface area is 119 Å². The number of benzene rings is 1. The molecule has 1 atom stereocenters. The first-order chi connectivity index (χ1) is 9.70. The Morgan fingerprint density at radius 2 is 2.00 bits per heavy atom. The summed E-state index contributed by atoms with van der Waals surface area (Å²) in [5.74, 6) is 0.554. The number of aromatic nitrogens is 2. The monoisotopic (exact) mass is 273 g/mol. The molecule has 1 aromatic heterocycles. The third-order valence-electron chi connectivity index (χ3n) is 3.27. The van der Waals surface area contributed by atoms with Gasteiger partial charge in [-0.25, -0.2) is 14.4 Å². The third kappa shape index (κ3) is 3.84. The van der Waals surface area contributed by atoms with Crippen LogP contribution < -0.4 is 5.32 Å². The lowest BCUT2D eigenvalue weighted by Crippen LogP contribution is -2.26. The molecule has 3 nitrogen and oxygen atoms in total. The van der Waals surface area contributed by atoms with E-state index < -0.39 is 0 Å². The number of hydrogen-bond acceptors (Lipinski definition) is 3. The summed E-state index contributed by atoms with van der Waals surface area (Å²) in [5, 5.41) is 3.43. The molecule has 2 rings (SSSR count). The van der Waals surface area contributed by atoms with Gasteiger partial charge in [-0.05, 0) is 55.6 Å². The number of halogens is 1. The minimum atomic E-state index is -0.200. The molecule has 1 N–H and O–H groups in total. The Morgan fingerprint density at radius 1 is 1.25 bits per heavy atom. The third-order valence-corrected chi connectivity index (χ3v) is 3.27. The quantitative estimate of drug-likeness (QED) is 0.878. The van der Waals surface area contributed by atoms with Crippen molar-refractivity contribution >= 4 is 0 Å². The van der Waals surface area contributed by atoms with E-state index in [4.69, 9.17) is 0 Å². The molecule has 2 aromatic rings. The molecule has 1 unspecified atom stereocenters. The van der Waals surface area contributed by atoms with Crippen LogP contribution in [0, 0.1) is 12.7 Å². The standard InChI is InChI=1S/C16H20FN3/c1-3-7-18-15(16-19-8-4-9-20-16)11-13-10-14(17)6-5-12(13)2/h4-6,8-10,15,18H,3,7,11H2,1-2H3. The van der Waals surface area contributed by atoms with Crippen molar-refractivity contribution in [1.82, 2.24) is 15.3 Å². The second-order valence-electron chi connectivity index (χ2n) is 4.89. The molecule has 0 aliphatic rings. The van der Waals surface area contributed by atoms with E-state index in [0.717, 1.165) is 29.9 Å². The highest BCUT2D eigenvalue weighted by Crippen LogP contribution is 2.19. The zero-order valence-corrected chi connectivity index (χ0v) is 11.9. The van der Waals surface area contributed by atoms with Gasteiger partial charge in [-0.1, -0.05) is 13.0 Å². The van der Waals surface area contributed by atoms with Crippen LogP contribution in [-0.4, -0.2) is 16.5 Å². The first kappa shape index (κ1) is 14.6. The minimum Gasteiger partial charge on any atom is -0.307 e. The summed E-state index contributed by atoms with van der Waals surface area (Å²) < 4.78 is 13.4. The van der Waals surface area contributed by atoms with Gasteiger partial charge in [0.2, 0.25) is 0 Å². The Bertz CT molecular complexity index is 543. The topological polar surface area (TPSA) is 37.8 Å². The number of aryl methyl sites for hydroxylation is 1. The molecule has 0 radical (unpaired) electrons. The van der Waals surface area contributed by atoms with E-state index in [9.17, 15) is 4.39 Å². The van der Waals surface area contributed by atoms with Crippen LogP contribution in [0.3, 0.4) is 0 Å². The molecular formula is C16H20FN3. The molecule has 1 aromatic carbocycles. The summed E-state index contributed by atoms with van der Waals surface area (Å²) in [6.45, 7) is 5.00. The van der Waals surface area contributed by atoms with Crippen molar-refractivity contribution < 1.29 is 4.39 Å². The van der Waals surface area contributed by atoms with Crippen LogP contribution in [0.25, 0.3) is 0 Å². The second-order valence-corrected chi connectivity index (χ2v) is 4.89. The van der Waals surface area contributed by atoms with Gasteiger partial charge in [0.05, 0.1) is 6.04 Å². The molecule has 0 amide bonds. The molecule has 1 heterocycles. The Morgan fingerprint density at radius 3 is 2.70 bits per heavy atom. The molecule has 0 aliphatic heterocycles. The number of hydrogen-bond donors (Lipinski definition) is 1. The largest absolute Gasteiger partial charge is 0.307 e. The SMILES string of the molecule is CCCNC(Cc1cc(F)ccc1C)c1ncccn1. The van der Waals surface area contributed by atoms with Crippen LogP contribution in [0.15, 0.2) is 36.7 Å². The highest BCUT2D eigenvalue weighted by Gasteiger charge is 2.15. The highest BCUT2D eigenvalue weighted by atomic mass is 19.1. The predicted molar refractivity (Wildman–Crippen MR) is 77.9 cm³/mol. The molecule has 0 spiro atoms. The van der Waals surface area contributed by atoms with Gasteiger partial charge in [-0.2, -0.15) is 0 Å². The van der Waals surface area contributed by atoms with Gasteiger partial charge in [-0.3, -0.25) is 0 Å². The molecule has 4 heteroatoms. The summed E-state index contributed by atoms with van der Waals surface area (Å²) in [6, 6.07) is 6.71. The number of nitrogens with one attached hydrogen (secondary N) is 1. The lowest BCUT2D eigenvalue weighted by Gasteiger charge is -2.18. The van der Waals surface area contributed by atoms with Crippen molar-refractivity contribution in [3.8, 4) is 0 Å². The van der Waals surface area contributed by atoms with Crippen LogP contribution in [-0.2, 0) is 6.42 Å². The van der Waals surface area contributed by atoms with E-state index in [1.807, 2.05) is 13.0 Å². The van der Waals surface area contributed by atoms with Crippen LogP contribution in [0.4, 0.5) is 4.39 Å². The fourth-order valence-electron chi connectivity index (χ4n) is 2.14. The van der Waals surface area contributed by atoms with Crippen LogP contribution in [0.1, 0.15) is 36.3 Å². The maximum absolute atomic E-state index is 13.4. The number of rotatable bonds is 6. The highest BCUT2D eigenvalue weighted by molar-refractivity contribution is 5.28. The molecule has 0 bridgehead atoms. The fraction of sp³-hybridized carbons (Fsp3) is 0.375. The van der Waals surface area contributed by atoms with Gasteiger partial charge >= 0.3 is 0 Å². The van der Waals surface area contributed by atoms with E-state index in [1.54, 1.807) is 24.5 Å². The average Bonchev–Trinajstić information content (AvgIpc) is 2.48. The van der Waals surface area contributed by atoms with Crippen LogP contribution in [0.5, 0.6) is 0 Å². The van der Waals surface area contributed by atoms with Gasteiger partial charge in [0.25, 0.3) is 0 Å². The normalized spacial score (nSPS) is 12.3. The molecular weight excluding hydrogens is 253 g/mol. The number of nitrogens with zero attached hydrogens (tertiary/aromatic N) is 2. The molecule has 0 saturated carbocycles. The molecule has 20 heavy (non-hydrogen) atoms. The summed E-state index contributed by atoms with van der Waals surface area (Å²) in [7, 11) is 0. The van der Waals surface area contributed by atoms with Crippen molar-refractivity contribution in [2.45, 2.75) is 32.7 Å². The molecule has 106 valence electrons. The van der Waals surface area contributed by atoms with Crippen molar-refractivity contribution in [1.29, 1.82) is 0 Å². The van der Waals surface area contributed by atoms with Crippen LogP contribution >= 0.6 is 0 Å².